The molecule has 0 radical (unpaired) electrons. The molecule has 0 saturated heterocycles. The van der Waals surface area contributed by atoms with Crippen LogP contribution in [0.4, 0.5) is 0 Å². The summed E-state index contributed by atoms with van der Waals surface area (Å²) in [6, 6.07) is 0. The number of hydrogen-bond donors (Lipinski definition) is 1. The maximum atomic E-state index is 10.9. The molecule has 64 valence electrons. The topological polar surface area (TPSA) is 43.1 Å². The lowest BCUT2D eigenvalue weighted by atomic mass is 10.4. The molecular weight excluding hydrogens is 158 g/mol. The van der Waals surface area contributed by atoms with Gasteiger partial charge in [-0.25, -0.2) is 0 Å². The molecule has 0 aliphatic heterocycles. The van der Waals surface area contributed by atoms with Crippen molar-refractivity contribution in [3.05, 3.63) is 11.8 Å². The summed E-state index contributed by atoms with van der Waals surface area (Å²) in [6.07, 6.45) is 3.69. The van der Waals surface area contributed by atoms with Crippen LogP contribution in [0.15, 0.2) is 11.8 Å². The van der Waals surface area contributed by atoms with E-state index in [1.807, 2.05) is 0 Å². The number of nitrogens with two attached hydrogens (primary N) is 1. The lowest BCUT2D eigenvalue weighted by Gasteiger charge is -1.94. The Labute approximate surface area is 72.2 Å². The van der Waals surface area contributed by atoms with Crippen molar-refractivity contribution in [2.75, 3.05) is 5.75 Å². The molecule has 0 aromatic rings. The highest BCUT2D eigenvalue weighted by Gasteiger charge is 1.96. The first-order chi connectivity index (χ1) is 5.16. The summed E-state index contributed by atoms with van der Waals surface area (Å²) in [5.74, 6) is 0.902. The highest BCUT2D eigenvalue weighted by Crippen LogP contribution is 2.06. The van der Waals surface area contributed by atoms with Crippen LogP contribution in [-0.2, 0) is 4.79 Å². The third-order valence-corrected chi connectivity index (χ3v) is 1.98. The predicted octanol–water partition coefficient (Wildman–Crippen LogP) is 1.91. The van der Waals surface area contributed by atoms with E-state index in [0.29, 0.717) is 5.70 Å². The smallest absolute Gasteiger partial charge is 0.213 e. The summed E-state index contributed by atoms with van der Waals surface area (Å²) in [5.41, 5.74) is 5.91. The molecule has 0 fully saturated rings. The number of allylic oxidation sites excluding steroid dienone is 1. The second-order valence-electron chi connectivity index (χ2n) is 2.41. The van der Waals surface area contributed by atoms with Gasteiger partial charge in [0.15, 0.2) is 0 Å². The normalized spacial score (nSPS) is 11.6. The molecule has 0 rings (SSSR count). The number of rotatable bonds is 4. The molecule has 0 unspecified atom stereocenters. The van der Waals surface area contributed by atoms with Crippen molar-refractivity contribution < 1.29 is 4.79 Å². The van der Waals surface area contributed by atoms with Crippen LogP contribution in [0.2, 0.25) is 0 Å². The van der Waals surface area contributed by atoms with E-state index in [9.17, 15) is 4.79 Å². The summed E-state index contributed by atoms with van der Waals surface area (Å²) in [7, 11) is 0. The molecule has 2 nitrogen and oxygen atoms in total. The predicted molar refractivity (Wildman–Crippen MR) is 50.3 cm³/mol. The lowest BCUT2D eigenvalue weighted by molar-refractivity contribution is -0.107. The second-order valence-corrected chi connectivity index (χ2v) is 3.51. The molecule has 0 bridgehead atoms. The van der Waals surface area contributed by atoms with E-state index in [-0.39, 0.29) is 5.12 Å². The second kappa shape index (κ2) is 6.28. The minimum Gasteiger partial charge on any atom is -0.402 e. The fraction of sp³-hybridized carbons (Fsp3) is 0.625. The van der Waals surface area contributed by atoms with Crippen molar-refractivity contribution in [3.8, 4) is 0 Å². The van der Waals surface area contributed by atoms with Gasteiger partial charge in [0.25, 0.3) is 0 Å². The maximum absolute atomic E-state index is 10.9. The van der Waals surface area contributed by atoms with Gasteiger partial charge in [-0.15, -0.1) is 0 Å². The van der Waals surface area contributed by atoms with Gasteiger partial charge in [-0.1, -0.05) is 25.1 Å². The van der Waals surface area contributed by atoms with E-state index < -0.39 is 0 Å². The summed E-state index contributed by atoms with van der Waals surface area (Å²) < 4.78 is 0. The van der Waals surface area contributed by atoms with Gasteiger partial charge in [0.2, 0.25) is 5.12 Å². The molecule has 0 saturated carbocycles. The third-order valence-electron chi connectivity index (χ3n) is 1.09. The Morgan fingerprint density at radius 3 is 2.73 bits per heavy atom. The molecule has 3 heteroatoms. The van der Waals surface area contributed by atoms with Crippen molar-refractivity contribution in [2.45, 2.75) is 26.7 Å². The van der Waals surface area contributed by atoms with Crippen molar-refractivity contribution >= 4 is 16.9 Å². The third kappa shape index (κ3) is 7.46. The minimum absolute atomic E-state index is 0.0680. The minimum atomic E-state index is 0.0680. The van der Waals surface area contributed by atoms with Gasteiger partial charge in [0, 0.05) is 17.5 Å². The zero-order chi connectivity index (χ0) is 8.69. The molecule has 0 aromatic heterocycles. The van der Waals surface area contributed by atoms with Crippen LogP contribution >= 0.6 is 11.8 Å². The highest BCUT2D eigenvalue weighted by molar-refractivity contribution is 8.14. The van der Waals surface area contributed by atoms with Crippen LogP contribution in [0.1, 0.15) is 26.7 Å². The Kier molecular flexibility index (Phi) is 6.03. The first kappa shape index (κ1) is 10.6. The molecule has 0 aromatic carbocycles. The van der Waals surface area contributed by atoms with E-state index in [0.717, 1.165) is 18.6 Å². The quantitative estimate of drug-likeness (QED) is 0.521. The molecule has 0 spiro atoms. The van der Waals surface area contributed by atoms with Crippen molar-refractivity contribution in [2.24, 2.45) is 5.73 Å². The largest absolute Gasteiger partial charge is 0.402 e. The number of carbonyl (C=O) groups excluding carboxylic acids is 1. The zero-order valence-electron chi connectivity index (χ0n) is 7.09. The van der Waals surface area contributed by atoms with Crippen LogP contribution in [0, 0.1) is 0 Å². The standard InChI is InChI=1S/C8H15NOS/c1-3-4-5-11-8(10)6-7(2)9/h6H,3-5,9H2,1-2H3/b7-6-. The van der Waals surface area contributed by atoms with Crippen molar-refractivity contribution in [1.29, 1.82) is 0 Å². The highest BCUT2D eigenvalue weighted by atomic mass is 32.2. The van der Waals surface area contributed by atoms with Gasteiger partial charge in [-0.05, 0) is 13.3 Å². The zero-order valence-corrected chi connectivity index (χ0v) is 7.91. The average molecular weight is 173 g/mol. The van der Waals surface area contributed by atoms with Gasteiger partial charge in [-0.3, -0.25) is 4.79 Å². The average Bonchev–Trinajstić information content (AvgIpc) is 1.86. The van der Waals surface area contributed by atoms with E-state index in [1.165, 1.54) is 17.8 Å². The van der Waals surface area contributed by atoms with Gasteiger partial charge < -0.3 is 5.73 Å². The van der Waals surface area contributed by atoms with Gasteiger partial charge in [0.1, 0.15) is 0 Å². The lowest BCUT2D eigenvalue weighted by Crippen LogP contribution is -1.96. The van der Waals surface area contributed by atoms with Gasteiger partial charge in [0.05, 0.1) is 0 Å². The first-order valence-electron chi connectivity index (χ1n) is 3.77. The molecular formula is C8H15NOS. The van der Waals surface area contributed by atoms with Crippen LogP contribution in [-0.4, -0.2) is 10.9 Å². The summed E-state index contributed by atoms with van der Waals surface area (Å²) in [4.78, 5) is 10.9. The molecule has 0 amide bonds. The maximum Gasteiger partial charge on any atom is 0.213 e. The fourth-order valence-electron chi connectivity index (χ4n) is 0.545. The van der Waals surface area contributed by atoms with Crippen molar-refractivity contribution in [1.82, 2.24) is 0 Å². The van der Waals surface area contributed by atoms with Crippen LogP contribution < -0.4 is 5.73 Å². The Hall–Kier alpha value is -0.440. The van der Waals surface area contributed by atoms with E-state index in [2.05, 4.69) is 6.92 Å². The van der Waals surface area contributed by atoms with E-state index in [4.69, 9.17) is 5.73 Å². The molecule has 0 aliphatic rings. The van der Waals surface area contributed by atoms with Gasteiger partial charge in [-0.2, -0.15) is 0 Å². The fourth-order valence-corrected chi connectivity index (χ4v) is 1.45. The van der Waals surface area contributed by atoms with E-state index in [1.54, 1.807) is 6.92 Å². The number of hydrogen-bond acceptors (Lipinski definition) is 3. The molecule has 0 aliphatic carbocycles. The Morgan fingerprint density at radius 1 is 1.64 bits per heavy atom. The molecule has 2 N–H and O–H groups in total. The van der Waals surface area contributed by atoms with Crippen molar-refractivity contribution in [3.63, 3.8) is 0 Å². The SMILES string of the molecule is CCCCSC(=O)/C=C(/C)N. The molecule has 0 atom stereocenters. The summed E-state index contributed by atoms with van der Waals surface area (Å²) in [6.45, 7) is 3.83. The monoisotopic (exact) mass is 173 g/mol. The van der Waals surface area contributed by atoms with Gasteiger partial charge >= 0.3 is 0 Å². The number of carbonyl (C=O) groups is 1. The van der Waals surface area contributed by atoms with Crippen LogP contribution in [0.5, 0.6) is 0 Å². The molecule has 11 heavy (non-hydrogen) atoms. The number of unbranched alkanes of at least 4 members (excludes halogenated alkanes) is 1. The first-order valence-corrected chi connectivity index (χ1v) is 4.76. The number of thioether (sulfide) groups is 1. The Morgan fingerprint density at radius 2 is 2.27 bits per heavy atom. The summed E-state index contributed by atoms with van der Waals surface area (Å²) in [5, 5.41) is 0.0680. The van der Waals surface area contributed by atoms with E-state index >= 15 is 0 Å². The van der Waals surface area contributed by atoms with Crippen LogP contribution in [0.25, 0.3) is 0 Å². The Bertz CT molecular complexity index is 150. The summed E-state index contributed by atoms with van der Waals surface area (Å²) >= 11 is 1.33. The van der Waals surface area contributed by atoms with Crippen LogP contribution in [0.3, 0.4) is 0 Å². The molecule has 0 heterocycles. The Balaban J connectivity index is 3.46.